The van der Waals surface area contributed by atoms with E-state index in [1.54, 1.807) is 18.2 Å². The number of aliphatic hydroxyl groups excluding tert-OH is 1. The van der Waals surface area contributed by atoms with Gasteiger partial charge in [0.05, 0.1) is 24.7 Å². The van der Waals surface area contributed by atoms with Crippen LogP contribution < -0.4 is 10.5 Å². The first kappa shape index (κ1) is 15.9. The Labute approximate surface area is 138 Å². The van der Waals surface area contributed by atoms with Crippen LogP contribution in [0.2, 0.25) is 0 Å². The highest BCUT2D eigenvalue weighted by atomic mass is 19.1. The molecule has 0 unspecified atom stereocenters. The molecule has 3 rings (SSSR count). The molecule has 1 heterocycles. The topological polar surface area (TPSA) is 81.3 Å². The molecule has 0 fully saturated rings. The van der Waals surface area contributed by atoms with Crippen LogP contribution in [-0.4, -0.2) is 28.3 Å². The molecule has 0 aliphatic carbocycles. The zero-order chi connectivity index (χ0) is 16.9. The van der Waals surface area contributed by atoms with Gasteiger partial charge in [0, 0.05) is 11.1 Å². The number of benzene rings is 2. The van der Waals surface area contributed by atoms with Gasteiger partial charge in [-0.15, -0.1) is 0 Å². The van der Waals surface area contributed by atoms with E-state index in [-0.39, 0.29) is 19.0 Å². The molecule has 5 nitrogen and oxygen atoms in total. The lowest BCUT2D eigenvalue weighted by atomic mass is 10.0. The second-order valence-corrected chi connectivity index (χ2v) is 5.09. The Balaban J connectivity index is 1.97. The molecular formula is C18H16FN3O2. The maximum Gasteiger partial charge on any atom is 0.141 e. The van der Waals surface area contributed by atoms with Crippen molar-refractivity contribution in [3.8, 4) is 28.1 Å². The zero-order valence-electron chi connectivity index (χ0n) is 12.8. The predicted octanol–water partition coefficient (Wildman–Crippen LogP) is 2.90. The quantitative estimate of drug-likeness (QED) is 0.754. The fraction of sp³-hybridized carbons (Fsp3) is 0.111. The minimum Gasteiger partial charge on any atom is -0.491 e. The second-order valence-electron chi connectivity index (χ2n) is 5.09. The molecule has 3 N–H and O–H groups in total. The van der Waals surface area contributed by atoms with Crippen LogP contribution in [0.25, 0.3) is 22.4 Å². The first-order chi connectivity index (χ1) is 11.7. The van der Waals surface area contributed by atoms with Crippen LogP contribution in [0.3, 0.4) is 0 Å². The minimum absolute atomic E-state index is 0.0859. The van der Waals surface area contributed by atoms with E-state index in [4.69, 9.17) is 15.6 Å². The van der Waals surface area contributed by atoms with Crippen LogP contribution in [0.15, 0.2) is 54.9 Å². The summed E-state index contributed by atoms with van der Waals surface area (Å²) in [5, 5.41) is 8.91. The van der Waals surface area contributed by atoms with E-state index in [2.05, 4.69) is 9.97 Å². The van der Waals surface area contributed by atoms with Crippen LogP contribution >= 0.6 is 0 Å². The van der Waals surface area contributed by atoms with Gasteiger partial charge in [-0.25, -0.2) is 9.37 Å². The fourth-order valence-corrected chi connectivity index (χ4v) is 2.35. The number of aliphatic hydroxyl groups is 1. The van der Waals surface area contributed by atoms with Gasteiger partial charge < -0.3 is 15.6 Å². The highest BCUT2D eigenvalue weighted by Gasteiger charge is 2.11. The molecule has 122 valence electrons. The molecule has 24 heavy (non-hydrogen) atoms. The van der Waals surface area contributed by atoms with Crippen molar-refractivity contribution in [2.24, 2.45) is 0 Å². The third-order valence-corrected chi connectivity index (χ3v) is 3.46. The van der Waals surface area contributed by atoms with Crippen molar-refractivity contribution in [1.29, 1.82) is 0 Å². The molecule has 0 aliphatic heterocycles. The maximum atomic E-state index is 14.5. The molecule has 0 spiro atoms. The van der Waals surface area contributed by atoms with Crippen LogP contribution in [0.4, 0.5) is 10.2 Å². The molecule has 0 aliphatic rings. The number of aromatic nitrogens is 2. The van der Waals surface area contributed by atoms with Crippen molar-refractivity contribution in [2.75, 3.05) is 18.9 Å². The number of ether oxygens (including phenoxy) is 1. The number of rotatable bonds is 5. The lowest BCUT2D eigenvalue weighted by molar-refractivity contribution is 0.202. The lowest BCUT2D eigenvalue weighted by Gasteiger charge is -2.12. The largest absolute Gasteiger partial charge is 0.491 e. The molecule has 1 aromatic heterocycles. The highest BCUT2D eigenvalue weighted by Crippen LogP contribution is 2.32. The Hall–Kier alpha value is -2.99. The summed E-state index contributed by atoms with van der Waals surface area (Å²) in [6.07, 6.45) is 2.83. The lowest BCUT2D eigenvalue weighted by Crippen LogP contribution is -2.02. The molecule has 0 saturated carbocycles. The third kappa shape index (κ3) is 3.33. The summed E-state index contributed by atoms with van der Waals surface area (Å²) < 4.78 is 20.0. The van der Waals surface area contributed by atoms with Crippen molar-refractivity contribution in [1.82, 2.24) is 9.97 Å². The van der Waals surface area contributed by atoms with E-state index in [0.717, 1.165) is 5.56 Å². The van der Waals surface area contributed by atoms with E-state index in [9.17, 15) is 4.39 Å². The highest BCUT2D eigenvalue weighted by molar-refractivity contribution is 5.73. The van der Waals surface area contributed by atoms with Crippen LogP contribution in [0.1, 0.15) is 0 Å². The Bertz CT molecular complexity index is 838. The van der Waals surface area contributed by atoms with Gasteiger partial charge in [-0.1, -0.05) is 24.3 Å². The van der Waals surface area contributed by atoms with Crippen molar-refractivity contribution in [3.05, 3.63) is 60.7 Å². The van der Waals surface area contributed by atoms with Gasteiger partial charge in [-0.3, -0.25) is 4.98 Å². The Morgan fingerprint density at radius 3 is 2.58 bits per heavy atom. The standard InChI is InChI=1S/C18H16FN3O2/c19-15-9-12(13-3-1-2-4-17(13)24-8-7-23)5-6-14(15)16-10-22-18(20)11-21-16/h1-6,9-11,23H,7-8H2,(H2,20,22). The van der Waals surface area contributed by atoms with Gasteiger partial charge >= 0.3 is 0 Å². The van der Waals surface area contributed by atoms with Crippen LogP contribution in [0.5, 0.6) is 5.75 Å². The van der Waals surface area contributed by atoms with E-state index in [0.29, 0.717) is 22.6 Å². The SMILES string of the molecule is Nc1cnc(-c2ccc(-c3ccccc3OCCO)cc2F)cn1. The number of para-hydroxylation sites is 1. The summed E-state index contributed by atoms with van der Waals surface area (Å²) in [6, 6.07) is 12.1. The van der Waals surface area contributed by atoms with Crippen molar-refractivity contribution in [2.45, 2.75) is 0 Å². The van der Waals surface area contributed by atoms with Gasteiger partial charge in [0.2, 0.25) is 0 Å². The molecule has 0 saturated heterocycles. The zero-order valence-corrected chi connectivity index (χ0v) is 12.8. The Morgan fingerprint density at radius 1 is 1.04 bits per heavy atom. The Kier molecular flexibility index (Phi) is 4.67. The predicted molar refractivity (Wildman–Crippen MR) is 89.9 cm³/mol. The maximum absolute atomic E-state index is 14.5. The minimum atomic E-state index is -0.413. The first-order valence-corrected chi connectivity index (χ1v) is 7.39. The fourth-order valence-electron chi connectivity index (χ4n) is 2.35. The molecule has 2 aromatic carbocycles. The molecule has 3 aromatic rings. The number of nitrogens with two attached hydrogens (primary N) is 1. The van der Waals surface area contributed by atoms with Gasteiger partial charge in [0.1, 0.15) is 24.0 Å². The molecule has 6 heteroatoms. The van der Waals surface area contributed by atoms with Crippen molar-refractivity contribution >= 4 is 5.82 Å². The summed E-state index contributed by atoms with van der Waals surface area (Å²) in [5.74, 6) is 0.459. The third-order valence-electron chi connectivity index (χ3n) is 3.46. The van der Waals surface area contributed by atoms with Crippen molar-refractivity contribution < 1.29 is 14.2 Å². The van der Waals surface area contributed by atoms with E-state index in [1.165, 1.54) is 18.5 Å². The summed E-state index contributed by atoms with van der Waals surface area (Å²) in [6.45, 7) is 0.0933. The number of nitrogens with zero attached hydrogens (tertiary/aromatic N) is 2. The smallest absolute Gasteiger partial charge is 0.141 e. The van der Waals surface area contributed by atoms with Crippen LogP contribution in [-0.2, 0) is 0 Å². The molecule has 0 atom stereocenters. The number of halogens is 1. The molecule has 0 radical (unpaired) electrons. The average molecular weight is 325 g/mol. The van der Waals surface area contributed by atoms with Gasteiger partial charge in [-0.05, 0) is 23.8 Å². The van der Waals surface area contributed by atoms with Crippen molar-refractivity contribution in [3.63, 3.8) is 0 Å². The molecule has 0 amide bonds. The average Bonchev–Trinajstić information content (AvgIpc) is 2.61. The van der Waals surface area contributed by atoms with E-state index < -0.39 is 5.82 Å². The summed E-state index contributed by atoms with van der Waals surface area (Å²) in [7, 11) is 0. The second kappa shape index (κ2) is 7.06. The van der Waals surface area contributed by atoms with E-state index in [1.807, 2.05) is 18.2 Å². The summed E-state index contributed by atoms with van der Waals surface area (Å²) in [5.41, 5.74) is 7.69. The Morgan fingerprint density at radius 2 is 1.88 bits per heavy atom. The summed E-state index contributed by atoms with van der Waals surface area (Å²) in [4.78, 5) is 8.02. The van der Waals surface area contributed by atoms with Crippen LogP contribution in [0, 0.1) is 5.82 Å². The molecule has 0 bridgehead atoms. The van der Waals surface area contributed by atoms with Gasteiger partial charge in [0.25, 0.3) is 0 Å². The molecular weight excluding hydrogens is 309 g/mol. The van der Waals surface area contributed by atoms with Gasteiger partial charge in [0.15, 0.2) is 0 Å². The normalized spacial score (nSPS) is 10.6. The number of hydrogen-bond donors (Lipinski definition) is 2. The van der Waals surface area contributed by atoms with Gasteiger partial charge in [-0.2, -0.15) is 0 Å². The number of hydrogen-bond acceptors (Lipinski definition) is 5. The first-order valence-electron chi connectivity index (χ1n) is 7.39. The van der Waals surface area contributed by atoms with E-state index >= 15 is 0 Å². The number of nitrogen functional groups attached to an aromatic ring is 1. The number of anilines is 1. The monoisotopic (exact) mass is 325 g/mol. The summed E-state index contributed by atoms with van der Waals surface area (Å²) >= 11 is 0.